The lowest BCUT2D eigenvalue weighted by molar-refractivity contribution is -0.137. The predicted molar refractivity (Wildman–Crippen MR) is 84.6 cm³/mol. The molecule has 1 heterocycles. The Hall–Kier alpha value is -1.20. The Morgan fingerprint density at radius 3 is 2.48 bits per heavy atom. The van der Waals surface area contributed by atoms with E-state index in [1.165, 1.54) is 4.68 Å². The average molecular weight is 363 g/mol. The van der Waals surface area contributed by atoms with E-state index in [2.05, 4.69) is 12.0 Å². The van der Waals surface area contributed by atoms with Gasteiger partial charge in [0.15, 0.2) is 0 Å². The lowest BCUT2D eigenvalue weighted by Crippen LogP contribution is -2.07. The molecular weight excluding hydrogens is 348 g/mol. The number of hydrogen-bond acceptors (Lipinski definition) is 1. The fourth-order valence-corrected chi connectivity index (χ4v) is 3.80. The average Bonchev–Trinajstić information content (AvgIpc) is 2.99. The van der Waals surface area contributed by atoms with E-state index in [4.69, 9.17) is 23.2 Å². The van der Waals surface area contributed by atoms with Crippen molar-refractivity contribution in [2.75, 3.05) is 0 Å². The fourth-order valence-electron chi connectivity index (χ4n) is 3.14. The number of aryl methyl sites for hydroxylation is 1. The molecule has 23 heavy (non-hydrogen) atoms. The Kier molecular flexibility index (Phi) is 4.36. The summed E-state index contributed by atoms with van der Waals surface area (Å²) >= 11 is 12.1. The summed E-state index contributed by atoms with van der Waals surface area (Å²) in [5.41, 5.74) is 1.57. The predicted octanol–water partition coefficient (Wildman–Crippen LogP) is 6.03. The topological polar surface area (TPSA) is 17.8 Å². The summed E-state index contributed by atoms with van der Waals surface area (Å²) in [6, 6.07) is 1.78. The van der Waals surface area contributed by atoms with Crippen molar-refractivity contribution in [3.05, 3.63) is 45.2 Å². The molecule has 0 bridgehead atoms. The molecule has 0 fully saturated rings. The number of halogens is 5. The second kappa shape index (κ2) is 6.02. The van der Waals surface area contributed by atoms with Crippen molar-refractivity contribution in [3.63, 3.8) is 0 Å². The smallest absolute Gasteiger partial charge is 0.237 e. The van der Waals surface area contributed by atoms with Crippen LogP contribution in [-0.4, -0.2) is 9.78 Å². The Morgan fingerprint density at radius 2 is 1.91 bits per heavy atom. The number of fused-ring (bicyclic) bond motifs is 1. The zero-order valence-corrected chi connectivity index (χ0v) is 13.9. The van der Waals surface area contributed by atoms with E-state index in [1.807, 2.05) is 6.20 Å². The normalized spacial score (nSPS) is 17.6. The standard InChI is InChI=1S/C16H15Cl2F3N2/c1-2-3-9-4-5-14-11(9)8-23(22-14)15-12(17)6-10(7-13(15)18)16(19,20)21/h6-9H,2-5H2,1H3. The van der Waals surface area contributed by atoms with E-state index >= 15 is 0 Å². The molecule has 124 valence electrons. The first kappa shape index (κ1) is 16.7. The highest BCUT2D eigenvalue weighted by atomic mass is 35.5. The molecule has 2 nitrogen and oxygen atoms in total. The molecule has 1 aromatic carbocycles. The van der Waals surface area contributed by atoms with Crippen LogP contribution in [-0.2, 0) is 12.6 Å². The van der Waals surface area contributed by atoms with Crippen LogP contribution < -0.4 is 0 Å². The molecule has 1 atom stereocenters. The number of nitrogens with zero attached hydrogens (tertiary/aromatic N) is 2. The summed E-state index contributed by atoms with van der Waals surface area (Å²) in [5.74, 6) is 0.454. The van der Waals surface area contributed by atoms with E-state index in [0.29, 0.717) is 11.6 Å². The highest BCUT2D eigenvalue weighted by molar-refractivity contribution is 6.37. The summed E-state index contributed by atoms with van der Waals surface area (Å²) in [6.45, 7) is 2.13. The molecule has 0 saturated heterocycles. The van der Waals surface area contributed by atoms with E-state index in [0.717, 1.165) is 49.1 Å². The molecule has 7 heteroatoms. The number of aromatic nitrogens is 2. The van der Waals surface area contributed by atoms with Gasteiger partial charge < -0.3 is 0 Å². The number of rotatable bonds is 3. The monoisotopic (exact) mass is 362 g/mol. The molecule has 0 saturated carbocycles. The summed E-state index contributed by atoms with van der Waals surface area (Å²) in [6.07, 6.45) is 1.47. The summed E-state index contributed by atoms with van der Waals surface area (Å²) in [7, 11) is 0. The van der Waals surface area contributed by atoms with Crippen LogP contribution in [0.5, 0.6) is 0 Å². The van der Waals surface area contributed by atoms with E-state index in [1.54, 1.807) is 0 Å². The van der Waals surface area contributed by atoms with Gasteiger partial charge in [-0.2, -0.15) is 18.3 Å². The zero-order chi connectivity index (χ0) is 16.8. The van der Waals surface area contributed by atoms with Gasteiger partial charge in [-0.15, -0.1) is 0 Å². The molecule has 1 aromatic heterocycles. The van der Waals surface area contributed by atoms with Crippen LogP contribution in [0.1, 0.15) is 48.9 Å². The molecule has 0 radical (unpaired) electrons. The Morgan fingerprint density at radius 1 is 1.26 bits per heavy atom. The summed E-state index contributed by atoms with van der Waals surface area (Å²) in [5, 5.41) is 4.36. The third kappa shape index (κ3) is 3.09. The van der Waals surface area contributed by atoms with Gasteiger partial charge >= 0.3 is 6.18 Å². The van der Waals surface area contributed by atoms with Gasteiger partial charge in [0.1, 0.15) is 5.69 Å². The second-order valence-corrected chi connectivity index (χ2v) is 6.60. The van der Waals surface area contributed by atoms with Crippen LogP contribution in [0.2, 0.25) is 10.0 Å². The van der Waals surface area contributed by atoms with Gasteiger partial charge in [0.2, 0.25) is 0 Å². The second-order valence-electron chi connectivity index (χ2n) is 5.79. The number of hydrogen-bond donors (Lipinski definition) is 0. The van der Waals surface area contributed by atoms with Crippen LogP contribution in [0.3, 0.4) is 0 Å². The lowest BCUT2D eigenvalue weighted by atomic mass is 9.99. The van der Waals surface area contributed by atoms with Gasteiger partial charge in [0, 0.05) is 6.20 Å². The fraction of sp³-hybridized carbons (Fsp3) is 0.438. The summed E-state index contributed by atoms with van der Waals surface area (Å²) in [4.78, 5) is 0. The van der Waals surface area contributed by atoms with Crippen molar-refractivity contribution in [2.45, 2.75) is 44.7 Å². The maximum atomic E-state index is 12.8. The lowest BCUT2D eigenvalue weighted by Gasteiger charge is -2.13. The number of benzene rings is 1. The number of alkyl halides is 3. The van der Waals surface area contributed by atoms with Crippen molar-refractivity contribution in [2.24, 2.45) is 0 Å². The quantitative estimate of drug-likeness (QED) is 0.651. The van der Waals surface area contributed by atoms with Crippen LogP contribution in [0.15, 0.2) is 18.3 Å². The van der Waals surface area contributed by atoms with Gasteiger partial charge in [-0.25, -0.2) is 4.68 Å². The minimum Gasteiger partial charge on any atom is -0.237 e. The van der Waals surface area contributed by atoms with Gasteiger partial charge in [-0.3, -0.25) is 0 Å². The largest absolute Gasteiger partial charge is 0.416 e. The van der Waals surface area contributed by atoms with Crippen molar-refractivity contribution >= 4 is 23.2 Å². The molecule has 1 aliphatic rings. The molecule has 1 unspecified atom stereocenters. The van der Waals surface area contributed by atoms with Gasteiger partial charge in [-0.05, 0) is 42.9 Å². The van der Waals surface area contributed by atoms with Crippen molar-refractivity contribution in [3.8, 4) is 5.69 Å². The third-order valence-electron chi connectivity index (χ3n) is 4.20. The summed E-state index contributed by atoms with van der Waals surface area (Å²) < 4.78 is 39.9. The highest BCUT2D eigenvalue weighted by Crippen LogP contribution is 2.40. The Labute approximate surface area is 142 Å². The Balaban J connectivity index is 2.02. The van der Waals surface area contributed by atoms with Crippen LogP contribution in [0, 0.1) is 0 Å². The third-order valence-corrected chi connectivity index (χ3v) is 4.78. The van der Waals surface area contributed by atoms with Crippen molar-refractivity contribution < 1.29 is 13.2 Å². The van der Waals surface area contributed by atoms with E-state index < -0.39 is 11.7 Å². The van der Waals surface area contributed by atoms with Crippen LogP contribution in [0.4, 0.5) is 13.2 Å². The minimum absolute atomic E-state index is 0.0574. The van der Waals surface area contributed by atoms with E-state index in [9.17, 15) is 13.2 Å². The highest BCUT2D eigenvalue weighted by Gasteiger charge is 2.33. The van der Waals surface area contributed by atoms with Gasteiger partial charge in [-0.1, -0.05) is 36.5 Å². The van der Waals surface area contributed by atoms with Crippen molar-refractivity contribution in [1.82, 2.24) is 9.78 Å². The van der Waals surface area contributed by atoms with Crippen LogP contribution in [0.25, 0.3) is 5.69 Å². The Bertz CT molecular complexity index is 714. The van der Waals surface area contributed by atoms with Gasteiger partial charge in [0.25, 0.3) is 0 Å². The van der Waals surface area contributed by atoms with Crippen molar-refractivity contribution in [1.29, 1.82) is 0 Å². The SMILES string of the molecule is CCCC1CCc2nn(-c3c(Cl)cc(C(F)(F)F)cc3Cl)cc21. The molecule has 3 rings (SSSR count). The molecule has 0 spiro atoms. The molecule has 0 aliphatic heterocycles. The molecule has 2 aromatic rings. The van der Waals surface area contributed by atoms with Gasteiger partial charge in [0.05, 0.1) is 21.3 Å². The minimum atomic E-state index is -4.48. The first-order chi connectivity index (χ1) is 10.8. The molecule has 0 N–H and O–H groups in total. The molecule has 1 aliphatic carbocycles. The first-order valence-corrected chi connectivity index (χ1v) is 8.22. The maximum Gasteiger partial charge on any atom is 0.416 e. The van der Waals surface area contributed by atoms with E-state index in [-0.39, 0.29) is 10.0 Å². The first-order valence-electron chi connectivity index (χ1n) is 7.46. The zero-order valence-electron chi connectivity index (χ0n) is 12.4. The molecule has 0 amide bonds. The van der Waals surface area contributed by atoms with Crippen LogP contribution >= 0.6 is 23.2 Å². The molecular formula is C16H15Cl2F3N2. The maximum absolute atomic E-state index is 12.8.